The molecule has 2 nitrogen and oxygen atoms in total. The van der Waals surface area contributed by atoms with Gasteiger partial charge in [-0.2, -0.15) is 0 Å². The van der Waals surface area contributed by atoms with Crippen LogP contribution >= 0.6 is 15.9 Å². The molecule has 0 amide bonds. The van der Waals surface area contributed by atoms with Crippen molar-refractivity contribution in [2.75, 3.05) is 14.1 Å². The van der Waals surface area contributed by atoms with Gasteiger partial charge in [0.15, 0.2) is 0 Å². The number of rotatable bonds is 2. The van der Waals surface area contributed by atoms with E-state index in [2.05, 4.69) is 20.9 Å². The number of nitrogens with zero attached hydrogens (tertiary/aromatic N) is 2. The van der Waals surface area contributed by atoms with E-state index in [1.807, 2.05) is 43.4 Å². The van der Waals surface area contributed by atoms with Gasteiger partial charge in [-0.1, -0.05) is 0 Å². The van der Waals surface area contributed by atoms with Gasteiger partial charge in [0.25, 0.3) is 0 Å². The Morgan fingerprint density at radius 3 is 2.83 bits per heavy atom. The van der Waals surface area contributed by atoms with Crippen LogP contribution in [-0.4, -0.2) is 24.0 Å². The summed E-state index contributed by atoms with van der Waals surface area (Å²) in [6.07, 6.45) is 5.81. The second-order valence-electron chi connectivity index (χ2n) is 2.69. The molecule has 1 aromatic heterocycles. The van der Waals surface area contributed by atoms with Gasteiger partial charge >= 0.3 is 0 Å². The summed E-state index contributed by atoms with van der Waals surface area (Å²) in [5.74, 6) is 0. The maximum atomic E-state index is 4.04. The minimum Gasteiger partial charge on any atom is -0.383 e. The lowest BCUT2D eigenvalue weighted by atomic mass is 10.3. The average molecular weight is 227 g/mol. The van der Waals surface area contributed by atoms with Crippen molar-refractivity contribution in [3.05, 3.63) is 34.7 Å². The molecule has 1 rings (SSSR count). The van der Waals surface area contributed by atoms with Crippen LogP contribution in [0.5, 0.6) is 0 Å². The van der Waals surface area contributed by atoms with E-state index in [0.29, 0.717) is 0 Å². The van der Waals surface area contributed by atoms with Crippen LogP contribution in [-0.2, 0) is 0 Å². The summed E-state index contributed by atoms with van der Waals surface area (Å²) in [6.45, 7) is 0. The molecule has 0 saturated heterocycles. The van der Waals surface area contributed by atoms with E-state index in [-0.39, 0.29) is 0 Å². The zero-order valence-corrected chi connectivity index (χ0v) is 8.75. The lowest BCUT2D eigenvalue weighted by molar-refractivity contribution is 0.567. The van der Waals surface area contributed by atoms with Crippen molar-refractivity contribution in [2.24, 2.45) is 0 Å². The Kier molecular flexibility index (Phi) is 3.29. The molecular formula is C9H11BrN2. The van der Waals surface area contributed by atoms with Crippen LogP contribution in [0.15, 0.2) is 29.1 Å². The van der Waals surface area contributed by atoms with Gasteiger partial charge in [-0.3, -0.25) is 0 Å². The first kappa shape index (κ1) is 9.26. The van der Waals surface area contributed by atoms with Gasteiger partial charge in [0.05, 0.1) is 0 Å². The minimum absolute atomic E-state index is 0.864. The third kappa shape index (κ3) is 3.05. The zero-order chi connectivity index (χ0) is 8.97. The average Bonchev–Trinajstić information content (AvgIpc) is 2.01. The number of aromatic nitrogens is 1. The molecule has 0 N–H and O–H groups in total. The maximum absolute atomic E-state index is 4.04. The molecule has 1 aromatic rings. The van der Waals surface area contributed by atoms with E-state index in [1.165, 1.54) is 0 Å². The van der Waals surface area contributed by atoms with Crippen molar-refractivity contribution in [2.45, 2.75) is 0 Å². The van der Waals surface area contributed by atoms with Crippen molar-refractivity contribution in [3.8, 4) is 0 Å². The minimum atomic E-state index is 0.864. The lowest BCUT2D eigenvalue weighted by Crippen LogP contribution is -1.99. The van der Waals surface area contributed by atoms with Crippen LogP contribution in [0.1, 0.15) is 5.56 Å². The summed E-state index contributed by atoms with van der Waals surface area (Å²) < 4.78 is 0.864. The molecule has 0 aliphatic carbocycles. The van der Waals surface area contributed by atoms with Gasteiger partial charge in [-0.05, 0) is 45.9 Å². The van der Waals surface area contributed by atoms with Gasteiger partial charge in [-0.15, -0.1) is 0 Å². The molecule has 3 heteroatoms. The fourth-order valence-electron chi connectivity index (χ4n) is 0.756. The van der Waals surface area contributed by atoms with E-state index in [9.17, 15) is 0 Å². The van der Waals surface area contributed by atoms with Crippen LogP contribution in [0, 0.1) is 0 Å². The highest BCUT2D eigenvalue weighted by atomic mass is 79.9. The van der Waals surface area contributed by atoms with Gasteiger partial charge in [0.1, 0.15) is 4.60 Å². The lowest BCUT2D eigenvalue weighted by Gasteiger charge is -2.02. The molecule has 0 atom stereocenters. The normalized spacial score (nSPS) is 10.6. The molecule has 0 spiro atoms. The summed E-state index contributed by atoms with van der Waals surface area (Å²) in [4.78, 5) is 6.03. The van der Waals surface area contributed by atoms with Crippen molar-refractivity contribution >= 4 is 22.0 Å². The van der Waals surface area contributed by atoms with E-state index >= 15 is 0 Å². The highest BCUT2D eigenvalue weighted by molar-refractivity contribution is 9.10. The fraction of sp³-hybridized carbons (Fsp3) is 0.222. The van der Waals surface area contributed by atoms with E-state index in [1.54, 1.807) is 6.20 Å². The molecule has 0 bridgehead atoms. The van der Waals surface area contributed by atoms with Crippen LogP contribution in [0.3, 0.4) is 0 Å². The largest absolute Gasteiger partial charge is 0.383 e. The first-order chi connectivity index (χ1) is 5.68. The molecule has 0 radical (unpaired) electrons. The van der Waals surface area contributed by atoms with Crippen molar-refractivity contribution in [1.29, 1.82) is 0 Å². The molecule has 12 heavy (non-hydrogen) atoms. The van der Waals surface area contributed by atoms with Crippen LogP contribution in [0.2, 0.25) is 0 Å². The van der Waals surface area contributed by atoms with E-state index in [4.69, 9.17) is 0 Å². The second-order valence-corrected chi connectivity index (χ2v) is 3.50. The monoisotopic (exact) mass is 226 g/mol. The Balaban J connectivity index is 2.76. The Labute approximate surface area is 81.0 Å². The number of halogens is 1. The summed E-state index contributed by atoms with van der Waals surface area (Å²) in [6, 6.07) is 3.94. The van der Waals surface area contributed by atoms with Crippen LogP contribution in [0.4, 0.5) is 0 Å². The van der Waals surface area contributed by atoms with Gasteiger partial charge in [-0.25, -0.2) is 4.98 Å². The smallest absolute Gasteiger partial charge is 0.106 e. The molecule has 0 aliphatic heterocycles. The maximum Gasteiger partial charge on any atom is 0.106 e. The van der Waals surface area contributed by atoms with Crippen LogP contribution in [0.25, 0.3) is 6.08 Å². The number of hydrogen-bond acceptors (Lipinski definition) is 2. The molecular weight excluding hydrogens is 216 g/mol. The first-order valence-corrected chi connectivity index (χ1v) is 4.44. The highest BCUT2D eigenvalue weighted by Crippen LogP contribution is 2.09. The molecule has 0 aromatic carbocycles. The Bertz CT molecular complexity index is 282. The molecule has 0 fully saturated rings. The van der Waals surface area contributed by atoms with Gasteiger partial charge in [0, 0.05) is 20.3 Å². The Morgan fingerprint density at radius 2 is 2.25 bits per heavy atom. The summed E-state index contributed by atoms with van der Waals surface area (Å²) >= 11 is 3.31. The SMILES string of the molecule is CN(C)/C=C/c1ccnc(Br)c1. The van der Waals surface area contributed by atoms with Crippen LogP contribution < -0.4 is 0 Å². The van der Waals surface area contributed by atoms with Crippen molar-refractivity contribution in [3.63, 3.8) is 0 Å². The molecule has 0 unspecified atom stereocenters. The predicted molar refractivity (Wildman–Crippen MR) is 54.7 cm³/mol. The molecule has 0 aliphatic rings. The summed E-state index contributed by atoms with van der Waals surface area (Å²) in [7, 11) is 3.99. The second kappa shape index (κ2) is 4.26. The standard InChI is InChI=1S/C9H11BrN2/c1-12(2)6-4-8-3-5-11-9(10)7-8/h3-7H,1-2H3/b6-4+. The summed E-state index contributed by atoms with van der Waals surface area (Å²) in [5, 5.41) is 0. The zero-order valence-electron chi connectivity index (χ0n) is 7.16. The molecule has 1 heterocycles. The molecule has 64 valence electrons. The fourth-order valence-corrected chi connectivity index (χ4v) is 1.14. The van der Waals surface area contributed by atoms with Gasteiger partial charge < -0.3 is 4.90 Å². The number of pyridine rings is 1. The third-order valence-electron chi connectivity index (χ3n) is 1.32. The number of hydrogen-bond donors (Lipinski definition) is 0. The molecule has 0 saturated carbocycles. The first-order valence-electron chi connectivity index (χ1n) is 3.64. The van der Waals surface area contributed by atoms with Crippen molar-refractivity contribution < 1.29 is 0 Å². The summed E-state index contributed by atoms with van der Waals surface area (Å²) in [5.41, 5.74) is 1.14. The highest BCUT2D eigenvalue weighted by Gasteiger charge is 1.88. The van der Waals surface area contributed by atoms with E-state index in [0.717, 1.165) is 10.2 Å². The predicted octanol–water partition coefficient (Wildman–Crippen LogP) is 2.38. The quantitative estimate of drug-likeness (QED) is 0.721. The topological polar surface area (TPSA) is 16.1 Å². The Morgan fingerprint density at radius 1 is 1.50 bits per heavy atom. The Hall–Kier alpha value is -0.830. The van der Waals surface area contributed by atoms with Crippen molar-refractivity contribution in [1.82, 2.24) is 9.88 Å². The third-order valence-corrected chi connectivity index (χ3v) is 1.75. The van der Waals surface area contributed by atoms with Gasteiger partial charge in [0.2, 0.25) is 0 Å². The van der Waals surface area contributed by atoms with E-state index < -0.39 is 0 Å².